The molecule has 0 aliphatic rings. The van der Waals surface area contributed by atoms with Crippen LogP contribution in [0, 0.1) is 17.0 Å². The predicted octanol–water partition coefficient (Wildman–Crippen LogP) is 0.808. The lowest BCUT2D eigenvalue weighted by Crippen LogP contribution is -2.41. The average Bonchev–Trinajstić information content (AvgIpc) is 2.94. The van der Waals surface area contributed by atoms with Crippen LogP contribution in [0.25, 0.3) is 5.69 Å². The third-order valence-corrected chi connectivity index (χ3v) is 3.20. The summed E-state index contributed by atoms with van der Waals surface area (Å²) in [6.07, 6.45) is 0. The first-order valence-corrected chi connectivity index (χ1v) is 6.78. The molecule has 1 aromatic heterocycles. The van der Waals surface area contributed by atoms with E-state index in [4.69, 9.17) is 5.73 Å². The minimum absolute atomic E-state index is 0.156. The minimum Gasteiger partial charge on any atom is -0.344 e. The maximum absolute atomic E-state index is 13.1. The number of hydrogen-bond donors (Lipinski definition) is 2. The normalized spacial score (nSPS) is 11.3. The lowest BCUT2D eigenvalue weighted by atomic mass is 10.2. The number of rotatable bonds is 6. The average molecular weight is 340 g/mol. The highest BCUT2D eigenvalue weighted by Gasteiger charge is 2.28. The van der Waals surface area contributed by atoms with Crippen LogP contribution in [-0.2, 0) is 0 Å². The number of nitro benzene ring substituents is 1. The molecule has 0 saturated carbocycles. The maximum atomic E-state index is 13.1. The minimum atomic E-state index is -3.22. The van der Waals surface area contributed by atoms with Crippen LogP contribution < -0.4 is 11.1 Å². The standard InChI is InChI=1S/C13H14F2N6O3/c1-8-11(12(22)17-7-13(14,15)6-16)18-19-20(8)9-3-2-4-10(5-9)21(23)24/h2-5H,6-7,16H2,1H3,(H,17,22). The Bertz CT molecular complexity index is 777. The second kappa shape index (κ2) is 6.66. The number of amides is 1. The first kappa shape index (κ1) is 17.4. The summed E-state index contributed by atoms with van der Waals surface area (Å²) < 4.78 is 27.4. The number of halogens is 2. The van der Waals surface area contributed by atoms with Crippen molar-refractivity contribution in [3.63, 3.8) is 0 Å². The van der Waals surface area contributed by atoms with Crippen molar-refractivity contribution in [3.8, 4) is 5.69 Å². The van der Waals surface area contributed by atoms with Crippen molar-refractivity contribution < 1.29 is 18.5 Å². The SMILES string of the molecule is Cc1c(C(=O)NCC(F)(F)CN)nnn1-c1cccc([N+](=O)[O-])c1. The van der Waals surface area contributed by atoms with Gasteiger partial charge >= 0.3 is 0 Å². The van der Waals surface area contributed by atoms with Gasteiger partial charge in [0.15, 0.2) is 5.69 Å². The zero-order valence-electron chi connectivity index (χ0n) is 12.6. The second-order valence-corrected chi connectivity index (χ2v) is 4.95. The van der Waals surface area contributed by atoms with Crippen molar-refractivity contribution in [2.24, 2.45) is 5.73 Å². The zero-order chi connectivity index (χ0) is 17.9. The van der Waals surface area contributed by atoms with E-state index in [9.17, 15) is 23.7 Å². The number of alkyl halides is 2. The highest BCUT2D eigenvalue weighted by molar-refractivity contribution is 5.93. The molecule has 128 valence electrons. The van der Waals surface area contributed by atoms with Gasteiger partial charge in [0, 0.05) is 12.1 Å². The van der Waals surface area contributed by atoms with Gasteiger partial charge in [-0.15, -0.1) is 5.10 Å². The maximum Gasteiger partial charge on any atom is 0.277 e. The van der Waals surface area contributed by atoms with Gasteiger partial charge in [-0.3, -0.25) is 14.9 Å². The van der Waals surface area contributed by atoms with E-state index in [1.54, 1.807) is 6.07 Å². The number of nitrogens with zero attached hydrogens (tertiary/aromatic N) is 4. The Labute approximate surface area is 134 Å². The molecule has 1 heterocycles. The van der Waals surface area contributed by atoms with Gasteiger partial charge in [-0.2, -0.15) is 0 Å². The highest BCUT2D eigenvalue weighted by atomic mass is 19.3. The number of non-ortho nitro benzene ring substituents is 1. The summed E-state index contributed by atoms with van der Waals surface area (Å²) in [6.45, 7) is -0.326. The monoisotopic (exact) mass is 340 g/mol. The Morgan fingerprint density at radius 1 is 1.50 bits per heavy atom. The van der Waals surface area contributed by atoms with E-state index >= 15 is 0 Å². The summed E-state index contributed by atoms with van der Waals surface area (Å²) in [5.41, 5.74) is 5.15. The van der Waals surface area contributed by atoms with Gasteiger partial charge in [0.05, 0.1) is 29.4 Å². The largest absolute Gasteiger partial charge is 0.344 e. The molecule has 0 aliphatic carbocycles. The number of benzene rings is 1. The molecular formula is C13H14F2N6O3. The fourth-order valence-electron chi connectivity index (χ4n) is 1.89. The van der Waals surface area contributed by atoms with E-state index in [2.05, 4.69) is 10.3 Å². The zero-order valence-corrected chi connectivity index (χ0v) is 12.6. The van der Waals surface area contributed by atoms with Gasteiger partial charge in [-0.1, -0.05) is 11.3 Å². The van der Waals surface area contributed by atoms with E-state index in [-0.39, 0.29) is 17.1 Å². The van der Waals surface area contributed by atoms with Gasteiger partial charge in [0.25, 0.3) is 17.5 Å². The lowest BCUT2D eigenvalue weighted by molar-refractivity contribution is -0.384. The molecule has 11 heteroatoms. The molecule has 0 saturated heterocycles. The molecule has 0 aliphatic heterocycles. The van der Waals surface area contributed by atoms with Crippen molar-refractivity contribution in [1.29, 1.82) is 0 Å². The fraction of sp³-hybridized carbons (Fsp3) is 0.308. The predicted molar refractivity (Wildman–Crippen MR) is 79.1 cm³/mol. The van der Waals surface area contributed by atoms with E-state index in [1.807, 2.05) is 5.32 Å². The Morgan fingerprint density at radius 2 is 2.21 bits per heavy atom. The first-order valence-electron chi connectivity index (χ1n) is 6.78. The molecule has 1 amide bonds. The lowest BCUT2D eigenvalue weighted by Gasteiger charge is -2.13. The highest BCUT2D eigenvalue weighted by Crippen LogP contribution is 2.18. The van der Waals surface area contributed by atoms with E-state index in [0.29, 0.717) is 5.69 Å². The van der Waals surface area contributed by atoms with Crippen molar-refractivity contribution in [2.75, 3.05) is 13.1 Å². The third-order valence-electron chi connectivity index (χ3n) is 3.20. The fourth-order valence-corrected chi connectivity index (χ4v) is 1.89. The topological polar surface area (TPSA) is 129 Å². The van der Waals surface area contributed by atoms with Crippen molar-refractivity contribution in [1.82, 2.24) is 20.3 Å². The summed E-state index contributed by atoms with van der Waals surface area (Å²) >= 11 is 0. The van der Waals surface area contributed by atoms with Gasteiger partial charge in [-0.25, -0.2) is 13.5 Å². The van der Waals surface area contributed by atoms with Crippen LogP contribution in [-0.4, -0.2) is 44.8 Å². The molecule has 2 rings (SSSR count). The smallest absolute Gasteiger partial charge is 0.277 e. The van der Waals surface area contributed by atoms with Crippen molar-refractivity contribution in [2.45, 2.75) is 12.8 Å². The number of carbonyl (C=O) groups excluding carboxylic acids is 1. The van der Waals surface area contributed by atoms with Gasteiger partial charge in [0.2, 0.25) is 0 Å². The Morgan fingerprint density at radius 3 is 2.83 bits per heavy atom. The number of hydrogen-bond acceptors (Lipinski definition) is 6. The van der Waals surface area contributed by atoms with Crippen LogP contribution >= 0.6 is 0 Å². The molecule has 0 bridgehead atoms. The van der Waals surface area contributed by atoms with E-state index < -0.39 is 29.8 Å². The number of nitrogens with one attached hydrogen (secondary N) is 1. The van der Waals surface area contributed by atoms with Crippen molar-refractivity contribution >= 4 is 11.6 Å². The molecule has 9 nitrogen and oxygen atoms in total. The molecule has 0 unspecified atom stereocenters. The molecule has 1 aromatic carbocycles. The molecule has 0 atom stereocenters. The van der Waals surface area contributed by atoms with Crippen LogP contribution in [0.15, 0.2) is 24.3 Å². The number of carbonyl (C=O) groups is 1. The third kappa shape index (κ3) is 3.68. The number of nitrogens with two attached hydrogens (primary N) is 1. The molecule has 3 N–H and O–H groups in total. The first-order chi connectivity index (χ1) is 11.2. The molecule has 2 aromatic rings. The number of nitro groups is 1. The van der Waals surface area contributed by atoms with E-state index in [1.165, 1.54) is 29.8 Å². The second-order valence-electron chi connectivity index (χ2n) is 4.95. The summed E-state index contributed by atoms with van der Waals surface area (Å²) in [5, 5.41) is 20.2. The van der Waals surface area contributed by atoms with Gasteiger partial charge in [-0.05, 0) is 13.0 Å². The van der Waals surface area contributed by atoms with Gasteiger partial charge in [0.1, 0.15) is 0 Å². The van der Waals surface area contributed by atoms with Crippen LogP contribution in [0.2, 0.25) is 0 Å². The summed E-state index contributed by atoms with van der Waals surface area (Å²) in [6, 6.07) is 5.55. The van der Waals surface area contributed by atoms with E-state index in [0.717, 1.165) is 0 Å². The van der Waals surface area contributed by atoms with Gasteiger partial charge < -0.3 is 11.1 Å². The molecule has 0 spiro atoms. The van der Waals surface area contributed by atoms with Crippen LogP contribution in [0.3, 0.4) is 0 Å². The van der Waals surface area contributed by atoms with Crippen LogP contribution in [0.5, 0.6) is 0 Å². The summed E-state index contributed by atoms with van der Waals surface area (Å²) in [7, 11) is 0. The molecule has 0 radical (unpaired) electrons. The van der Waals surface area contributed by atoms with Crippen LogP contribution in [0.1, 0.15) is 16.2 Å². The van der Waals surface area contributed by atoms with Crippen molar-refractivity contribution in [3.05, 3.63) is 45.8 Å². The molecule has 24 heavy (non-hydrogen) atoms. The molecule has 0 fully saturated rings. The summed E-state index contributed by atoms with van der Waals surface area (Å²) in [5.74, 6) is -4.06. The Hall–Kier alpha value is -2.95. The quantitative estimate of drug-likeness (QED) is 0.591. The molecular weight excluding hydrogens is 326 g/mol. The number of aromatic nitrogens is 3. The summed E-state index contributed by atoms with van der Waals surface area (Å²) in [4.78, 5) is 22.2. The van der Waals surface area contributed by atoms with Crippen LogP contribution in [0.4, 0.5) is 14.5 Å². The Kier molecular flexibility index (Phi) is 4.83. The Balaban J connectivity index is 2.24.